The number of hydrogen-bond acceptors (Lipinski definition) is 3. The first kappa shape index (κ1) is 24.5. The van der Waals surface area contributed by atoms with Crippen molar-refractivity contribution in [3.63, 3.8) is 0 Å². The lowest BCUT2D eigenvalue weighted by molar-refractivity contribution is -0.139. The van der Waals surface area contributed by atoms with E-state index in [9.17, 15) is 22.4 Å². The maximum atomic E-state index is 14.4. The molecule has 4 atom stereocenters. The second kappa shape index (κ2) is 9.82. The SMILES string of the molecule is O=C1C2C(c3ccc(F)cc3)NC(c3ccc(F)cc3)C1C(c1ccc(F)cc1)NC2c1ccc(F)cc1. The molecule has 0 aromatic heterocycles. The predicted octanol–water partition coefficient (Wildman–Crippen LogP) is 6.52. The average Bonchev–Trinajstić information content (AvgIpc) is 2.91. The van der Waals surface area contributed by atoms with Gasteiger partial charge in [-0.3, -0.25) is 4.79 Å². The monoisotopic (exact) mass is 516 g/mol. The van der Waals surface area contributed by atoms with Crippen molar-refractivity contribution in [2.24, 2.45) is 11.8 Å². The highest BCUT2D eigenvalue weighted by Crippen LogP contribution is 2.52. The van der Waals surface area contributed by atoms with Crippen molar-refractivity contribution in [1.29, 1.82) is 0 Å². The van der Waals surface area contributed by atoms with Crippen molar-refractivity contribution in [2.45, 2.75) is 24.2 Å². The Hall–Kier alpha value is -3.81. The Morgan fingerprint density at radius 3 is 0.816 bits per heavy atom. The van der Waals surface area contributed by atoms with Gasteiger partial charge >= 0.3 is 0 Å². The number of halogens is 4. The molecule has 192 valence electrons. The second-order valence-corrected chi connectivity index (χ2v) is 9.90. The topological polar surface area (TPSA) is 41.1 Å². The summed E-state index contributed by atoms with van der Waals surface area (Å²) in [7, 11) is 0. The zero-order valence-corrected chi connectivity index (χ0v) is 20.1. The minimum absolute atomic E-state index is 0.0326. The molecule has 0 aliphatic carbocycles. The molecule has 2 aliphatic rings. The summed E-state index contributed by atoms with van der Waals surface area (Å²) in [6.07, 6.45) is 0. The zero-order chi connectivity index (χ0) is 26.4. The van der Waals surface area contributed by atoms with Crippen molar-refractivity contribution in [3.8, 4) is 0 Å². The van der Waals surface area contributed by atoms with Gasteiger partial charge in [-0.2, -0.15) is 0 Å². The Morgan fingerprint density at radius 2 is 0.605 bits per heavy atom. The Kier molecular flexibility index (Phi) is 6.33. The smallest absolute Gasteiger partial charge is 0.146 e. The number of piperidine rings is 2. The van der Waals surface area contributed by atoms with Crippen molar-refractivity contribution in [2.75, 3.05) is 0 Å². The van der Waals surface area contributed by atoms with Gasteiger partial charge in [0.15, 0.2) is 0 Å². The molecule has 2 saturated heterocycles. The molecule has 0 amide bonds. The molecular formula is C31H24F4N2O. The number of carbonyl (C=O) groups excluding carboxylic acids is 1. The fourth-order valence-electron chi connectivity index (χ4n) is 5.96. The van der Waals surface area contributed by atoms with Crippen LogP contribution >= 0.6 is 0 Å². The van der Waals surface area contributed by atoms with Gasteiger partial charge in [-0.25, -0.2) is 17.6 Å². The summed E-state index contributed by atoms with van der Waals surface area (Å²) in [5.41, 5.74) is 2.91. The first-order valence-electron chi connectivity index (χ1n) is 12.5. The Morgan fingerprint density at radius 1 is 0.395 bits per heavy atom. The van der Waals surface area contributed by atoms with Gasteiger partial charge in [0, 0.05) is 24.2 Å². The lowest BCUT2D eigenvalue weighted by Crippen LogP contribution is -2.60. The highest BCUT2D eigenvalue weighted by atomic mass is 19.1. The minimum Gasteiger partial charge on any atom is -0.302 e. The van der Waals surface area contributed by atoms with Gasteiger partial charge in [0.2, 0.25) is 0 Å². The summed E-state index contributed by atoms with van der Waals surface area (Å²) in [6, 6.07) is 22.0. The summed E-state index contributed by atoms with van der Waals surface area (Å²) in [6.45, 7) is 0. The molecule has 38 heavy (non-hydrogen) atoms. The van der Waals surface area contributed by atoms with Gasteiger partial charge in [0.05, 0.1) is 11.8 Å². The molecule has 2 fully saturated rings. The van der Waals surface area contributed by atoms with Crippen LogP contribution in [-0.4, -0.2) is 5.78 Å². The number of fused-ring (bicyclic) bond motifs is 2. The largest absolute Gasteiger partial charge is 0.302 e. The third kappa shape index (κ3) is 4.42. The van der Waals surface area contributed by atoms with E-state index in [4.69, 9.17) is 0 Å². The number of rotatable bonds is 4. The molecule has 2 bridgehead atoms. The van der Waals surface area contributed by atoms with Crippen LogP contribution in [0.5, 0.6) is 0 Å². The molecule has 3 nitrogen and oxygen atoms in total. The van der Waals surface area contributed by atoms with E-state index in [0.717, 1.165) is 22.3 Å². The van der Waals surface area contributed by atoms with E-state index in [1.807, 2.05) is 0 Å². The van der Waals surface area contributed by atoms with E-state index >= 15 is 0 Å². The molecule has 4 aromatic rings. The summed E-state index contributed by atoms with van der Waals surface area (Å²) in [5, 5.41) is 7.25. The maximum Gasteiger partial charge on any atom is 0.146 e. The second-order valence-electron chi connectivity index (χ2n) is 9.90. The van der Waals surface area contributed by atoms with Gasteiger partial charge in [-0.15, -0.1) is 0 Å². The van der Waals surface area contributed by atoms with Gasteiger partial charge in [-0.1, -0.05) is 48.5 Å². The van der Waals surface area contributed by atoms with Crippen LogP contribution in [0.25, 0.3) is 0 Å². The van der Waals surface area contributed by atoms with E-state index in [2.05, 4.69) is 10.6 Å². The molecule has 2 N–H and O–H groups in total. The molecule has 7 heteroatoms. The van der Waals surface area contributed by atoms with E-state index in [1.165, 1.54) is 48.5 Å². The van der Waals surface area contributed by atoms with Crippen molar-refractivity contribution in [1.82, 2.24) is 10.6 Å². The van der Waals surface area contributed by atoms with Crippen molar-refractivity contribution >= 4 is 5.78 Å². The van der Waals surface area contributed by atoms with E-state index < -0.39 is 59.3 Å². The fraction of sp³-hybridized carbons (Fsp3) is 0.194. The van der Waals surface area contributed by atoms with E-state index in [-0.39, 0.29) is 5.78 Å². The lowest BCUT2D eigenvalue weighted by atomic mass is 9.64. The Bertz CT molecular complexity index is 1230. The Balaban J connectivity index is 1.51. The van der Waals surface area contributed by atoms with E-state index in [0.29, 0.717) is 0 Å². The number of Topliss-reactive ketones (excluding diaryl/α,β-unsaturated/α-hetero) is 1. The summed E-state index contributed by atoms with van der Waals surface area (Å²) in [5.74, 6) is -2.81. The average molecular weight is 517 g/mol. The third-order valence-electron chi connectivity index (χ3n) is 7.73. The number of carbonyl (C=O) groups is 1. The number of ketones is 1. The van der Waals surface area contributed by atoms with Crippen LogP contribution in [0.3, 0.4) is 0 Å². The summed E-state index contributed by atoms with van der Waals surface area (Å²) < 4.78 is 55.2. The molecule has 2 heterocycles. The lowest BCUT2D eigenvalue weighted by Gasteiger charge is -2.52. The standard InChI is InChI=1S/C31H24F4N2O/c32-21-9-1-17(2-10-21)27-25-28(18-3-11-22(33)12-4-18)37-30(20-7-15-24(35)16-8-20)26(31(25)38)29(36-27)19-5-13-23(34)14-6-19/h1-16,25-30,36-37H. The predicted molar refractivity (Wildman–Crippen MR) is 135 cm³/mol. The van der Waals surface area contributed by atoms with Gasteiger partial charge in [0.25, 0.3) is 0 Å². The molecule has 4 unspecified atom stereocenters. The normalized spacial score (nSPS) is 26.8. The van der Waals surface area contributed by atoms with Crippen LogP contribution in [-0.2, 0) is 4.79 Å². The molecule has 0 radical (unpaired) electrons. The third-order valence-corrected chi connectivity index (χ3v) is 7.73. The molecule has 4 aromatic carbocycles. The maximum absolute atomic E-state index is 14.4. The van der Waals surface area contributed by atoms with Crippen molar-refractivity contribution in [3.05, 3.63) is 143 Å². The quantitative estimate of drug-likeness (QED) is 0.304. The molecule has 6 rings (SSSR count). The van der Waals surface area contributed by atoms with Crippen molar-refractivity contribution < 1.29 is 22.4 Å². The minimum atomic E-state index is -0.607. The van der Waals surface area contributed by atoms with Crippen LogP contribution in [0.4, 0.5) is 17.6 Å². The molecule has 2 aliphatic heterocycles. The number of benzene rings is 4. The van der Waals surface area contributed by atoms with Crippen LogP contribution in [0.1, 0.15) is 46.4 Å². The first-order chi connectivity index (χ1) is 18.4. The van der Waals surface area contributed by atoms with Gasteiger partial charge in [-0.05, 0) is 70.8 Å². The first-order valence-corrected chi connectivity index (χ1v) is 12.5. The highest BCUT2D eigenvalue weighted by molar-refractivity contribution is 5.89. The Labute approximate surface area is 217 Å². The highest BCUT2D eigenvalue weighted by Gasteiger charge is 2.55. The van der Waals surface area contributed by atoms with Crippen LogP contribution in [0, 0.1) is 35.1 Å². The fourth-order valence-corrected chi connectivity index (χ4v) is 5.96. The van der Waals surface area contributed by atoms with E-state index in [1.54, 1.807) is 48.5 Å². The van der Waals surface area contributed by atoms with Crippen LogP contribution in [0.2, 0.25) is 0 Å². The molecule has 0 spiro atoms. The molecule has 0 saturated carbocycles. The van der Waals surface area contributed by atoms with Gasteiger partial charge < -0.3 is 10.6 Å². The summed E-state index contributed by atoms with van der Waals surface area (Å²) >= 11 is 0. The van der Waals surface area contributed by atoms with Crippen LogP contribution < -0.4 is 10.6 Å². The van der Waals surface area contributed by atoms with Crippen LogP contribution in [0.15, 0.2) is 97.1 Å². The molecular weight excluding hydrogens is 492 g/mol. The summed E-state index contributed by atoms with van der Waals surface area (Å²) in [4.78, 5) is 14.4. The zero-order valence-electron chi connectivity index (χ0n) is 20.1. The number of hydrogen-bond donors (Lipinski definition) is 2. The van der Waals surface area contributed by atoms with Gasteiger partial charge in [0.1, 0.15) is 29.1 Å². The number of nitrogens with one attached hydrogen (secondary N) is 2.